The summed E-state index contributed by atoms with van der Waals surface area (Å²) in [6, 6.07) is 14.0. The molecule has 2 rings (SSSR count). The topological polar surface area (TPSA) is 81.7 Å². The highest BCUT2D eigenvalue weighted by Crippen LogP contribution is 2.14. The normalized spacial score (nSPS) is 11.4. The third-order valence-electron chi connectivity index (χ3n) is 3.90. The number of hydrogen-bond acceptors (Lipinski definition) is 5. The molecule has 0 fully saturated rings. The summed E-state index contributed by atoms with van der Waals surface area (Å²) < 4.78 is 10.5. The molecule has 0 heterocycles. The summed E-state index contributed by atoms with van der Waals surface area (Å²) in [5, 5.41) is 2.62. The summed E-state index contributed by atoms with van der Waals surface area (Å²) in [6.07, 6.45) is -0.0749. The minimum absolute atomic E-state index is 0.102. The molecule has 0 aromatic heterocycles. The van der Waals surface area contributed by atoms with E-state index in [2.05, 4.69) is 12.2 Å². The molecule has 0 bridgehead atoms. The van der Waals surface area contributed by atoms with Gasteiger partial charge in [-0.15, -0.1) is 0 Å². The molecule has 2 aromatic carbocycles. The molecule has 27 heavy (non-hydrogen) atoms. The van der Waals surface area contributed by atoms with E-state index in [4.69, 9.17) is 9.47 Å². The lowest BCUT2D eigenvalue weighted by atomic mass is 10.1. The van der Waals surface area contributed by atoms with Crippen LogP contribution >= 0.6 is 0 Å². The van der Waals surface area contributed by atoms with E-state index in [9.17, 15) is 14.4 Å². The van der Waals surface area contributed by atoms with Crippen LogP contribution in [0.15, 0.2) is 48.5 Å². The zero-order chi connectivity index (χ0) is 19.8. The first kappa shape index (κ1) is 20.2. The molecule has 6 heteroatoms. The van der Waals surface area contributed by atoms with Gasteiger partial charge in [-0.2, -0.15) is 0 Å². The van der Waals surface area contributed by atoms with Gasteiger partial charge in [0, 0.05) is 11.3 Å². The minimum atomic E-state index is -0.996. The van der Waals surface area contributed by atoms with Gasteiger partial charge in [0.05, 0.1) is 0 Å². The molecule has 0 radical (unpaired) electrons. The summed E-state index contributed by atoms with van der Waals surface area (Å²) in [5.41, 5.74) is 2.12. The van der Waals surface area contributed by atoms with Crippen molar-refractivity contribution >= 4 is 23.3 Å². The van der Waals surface area contributed by atoms with Crippen molar-refractivity contribution in [2.45, 2.75) is 33.3 Å². The van der Waals surface area contributed by atoms with Crippen molar-refractivity contribution < 1.29 is 23.9 Å². The van der Waals surface area contributed by atoms with Crippen molar-refractivity contribution in [1.29, 1.82) is 0 Å². The third-order valence-corrected chi connectivity index (χ3v) is 3.90. The van der Waals surface area contributed by atoms with Crippen LogP contribution in [0, 0.1) is 0 Å². The quantitative estimate of drug-likeness (QED) is 0.570. The van der Waals surface area contributed by atoms with Gasteiger partial charge in [0.15, 0.2) is 18.5 Å². The number of nitrogens with one attached hydrogen (secondary N) is 1. The van der Waals surface area contributed by atoms with E-state index in [1.54, 1.807) is 36.4 Å². The second kappa shape index (κ2) is 9.52. The van der Waals surface area contributed by atoms with Crippen LogP contribution in [0.5, 0.6) is 5.75 Å². The van der Waals surface area contributed by atoms with Gasteiger partial charge >= 0.3 is 5.97 Å². The summed E-state index contributed by atoms with van der Waals surface area (Å²) in [5.74, 6) is -0.678. The number of carbonyl (C=O) groups excluding carboxylic acids is 3. The molecule has 0 saturated carbocycles. The maximum atomic E-state index is 12.2. The van der Waals surface area contributed by atoms with Gasteiger partial charge in [0.1, 0.15) is 5.75 Å². The lowest BCUT2D eigenvalue weighted by molar-refractivity contribution is -0.155. The molecule has 0 unspecified atom stereocenters. The number of aryl methyl sites for hydroxylation is 1. The highest BCUT2D eigenvalue weighted by atomic mass is 16.6. The van der Waals surface area contributed by atoms with Crippen LogP contribution in [0.25, 0.3) is 0 Å². The fraction of sp³-hybridized carbons (Fsp3) is 0.286. The van der Waals surface area contributed by atoms with E-state index in [1.165, 1.54) is 19.4 Å². The van der Waals surface area contributed by atoms with Gasteiger partial charge in [0.25, 0.3) is 5.91 Å². The van der Waals surface area contributed by atoms with E-state index < -0.39 is 18.0 Å². The number of carbonyl (C=O) groups is 3. The second-order valence-electron chi connectivity index (χ2n) is 6.04. The highest BCUT2D eigenvalue weighted by Gasteiger charge is 2.18. The Morgan fingerprint density at radius 1 is 1.07 bits per heavy atom. The molecular weight excluding hydrogens is 346 g/mol. The van der Waals surface area contributed by atoms with Crippen molar-refractivity contribution in [3.63, 3.8) is 0 Å². The second-order valence-corrected chi connectivity index (χ2v) is 6.04. The summed E-state index contributed by atoms with van der Waals surface area (Å²) in [7, 11) is 0. The molecule has 1 amide bonds. The van der Waals surface area contributed by atoms with Crippen molar-refractivity contribution in [3.8, 4) is 5.75 Å². The predicted molar refractivity (Wildman–Crippen MR) is 102 cm³/mol. The van der Waals surface area contributed by atoms with Crippen LogP contribution in [-0.2, 0) is 20.7 Å². The maximum Gasteiger partial charge on any atom is 0.344 e. The zero-order valence-electron chi connectivity index (χ0n) is 15.7. The number of hydrogen-bond donors (Lipinski definition) is 1. The Labute approximate surface area is 158 Å². The maximum absolute atomic E-state index is 12.2. The van der Waals surface area contributed by atoms with Crippen molar-refractivity contribution in [2.24, 2.45) is 0 Å². The van der Waals surface area contributed by atoms with Crippen LogP contribution in [0.3, 0.4) is 0 Å². The Bertz CT molecular complexity index is 814. The summed E-state index contributed by atoms with van der Waals surface area (Å²) >= 11 is 0. The molecule has 0 aliphatic carbocycles. The van der Waals surface area contributed by atoms with Crippen molar-refractivity contribution in [2.75, 3.05) is 11.9 Å². The minimum Gasteiger partial charge on any atom is -0.482 e. The number of rotatable bonds is 8. The number of amides is 1. The fourth-order valence-corrected chi connectivity index (χ4v) is 2.31. The summed E-state index contributed by atoms with van der Waals surface area (Å²) in [4.78, 5) is 35.4. The number of Topliss-reactive ketones (excluding diaryl/α,β-unsaturated/α-hetero) is 1. The van der Waals surface area contributed by atoms with Gasteiger partial charge in [-0.1, -0.05) is 31.2 Å². The van der Waals surface area contributed by atoms with E-state index in [-0.39, 0.29) is 12.4 Å². The smallest absolute Gasteiger partial charge is 0.344 e. The molecule has 0 spiro atoms. The van der Waals surface area contributed by atoms with Crippen LogP contribution in [0.2, 0.25) is 0 Å². The predicted octanol–water partition coefficient (Wildman–Crippen LogP) is 3.40. The van der Waals surface area contributed by atoms with Gasteiger partial charge < -0.3 is 14.8 Å². The number of benzene rings is 2. The van der Waals surface area contributed by atoms with E-state index in [0.717, 1.165) is 6.42 Å². The zero-order valence-corrected chi connectivity index (χ0v) is 15.7. The van der Waals surface area contributed by atoms with Gasteiger partial charge in [-0.3, -0.25) is 9.59 Å². The standard InChI is InChI=1S/C21H23NO5/c1-4-16-8-10-19(11-9-16)26-13-20(24)27-15(3)21(25)22-18-7-5-6-17(12-18)14(2)23/h5-12,15H,4,13H2,1-3H3,(H,22,25)/t15-/m1/s1. The molecule has 1 N–H and O–H groups in total. The summed E-state index contributed by atoms with van der Waals surface area (Å²) in [6.45, 7) is 4.68. The molecule has 6 nitrogen and oxygen atoms in total. The van der Waals surface area contributed by atoms with Gasteiger partial charge in [0.2, 0.25) is 0 Å². The SMILES string of the molecule is CCc1ccc(OCC(=O)O[C@H](C)C(=O)Nc2cccc(C(C)=O)c2)cc1. The molecule has 1 atom stereocenters. The average Bonchev–Trinajstić information content (AvgIpc) is 2.66. The number of anilines is 1. The monoisotopic (exact) mass is 369 g/mol. The van der Waals surface area contributed by atoms with Gasteiger partial charge in [-0.25, -0.2) is 4.79 Å². The first-order valence-corrected chi connectivity index (χ1v) is 8.72. The van der Waals surface area contributed by atoms with E-state index in [1.807, 2.05) is 12.1 Å². The lowest BCUT2D eigenvalue weighted by Crippen LogP contribution is -2.31. The highest BCUT2D eigenvalue weighted by molar-refractivity contribution is 5.98. The molecule has 2 aromatic rings. The first-order chi connectivity index (χ1) is 12.9. The van der Waals surface area contributed by atoms with Crippen LogP contribution in [0.1, 0.15) is 36.7 Å². The lowest BCUT2D eigenvalue weighted by Gasteiger charge is -2.14. The van der Waals surface area contributed by atoms with Crippen LogP contribution < -0.4 is 10.1 Å². The number of ether oxygens (including phenoxy) is 2. The Morgan fingerprint density at radius 3 is 2.41 bits per heavy atom. The molecular formula is C21H23NO5. The third kappa shape index (κ3) is 6.26. The Hall–Kier alpha value is -3.15. The van der Waals surface area contributed by atoms with Crippen LogP contribution in [0.4, 0.5) is 5.69 Å². The van der Waals surface area contributed by atoms with Gasteiger partial charge in [-0.05, 0) is 50.1 Å². The molecule has 0 saturated heterocycles. The number of esters is 1. The molecule has 0 aliphatic rings. The fourth-order valence-electron chi connectivity index (χ4n) is 2.31. The van der Waals surface area contributed by atoms with E-state index >= 15 is 0 Å². The molecule has 142 valence electrons. The largest absolute Gasteiger partial charge is 0.482 e. The van der Waals surface area contributed by atoms with Crippen molar-refractivity contribution in [3.05, 3.63) is 59.7 Å². The average molecular weight is 369 g/mol. The number of ketones is 1. The van der Waals surface area contributed by atoms with Crippen molar-refractivity contribution in [1.82, 2.24) is 0 Å². The molecule has 0 aliphatic heterocycles. The Morgan fingerprint density at radius 2 is 1.78 bits per heavy atom. The van der Waals surface area contributed by atoms with E-state index in [0.29, 0.717) is 17.0 Å². The van der Waals surface area contributed by atoms with Crippen LogP contribution in [-0.4, -0.2) is 30.4 Å². The Kier molecular flexibility index (Phi) is 7.11. The Balaban J connectivity index is 1.83. The first-order valence-electron chi connectivity index (χ1n) is 8.72.